The van der Waals surface area contributed by atoms with Crippen LogP contribution in [0, 0.1) is 18.4 Å². The number of hydrogen-bond donors (Lipinski definition) is 2. The number of aliphatic hydroxyl groups excluding tert-OH is 1. The number of aromatic nitrogens is 4. The Bertz CT molecular complexity index is 1040. The van der Waals surface area contributed by atoms with Gasteiger partial charge < -0.3 is 24.9 Å². The number of unbranched alkanes of at least 4 members (excludes halogenated alkanes) is 13. The van der Waals surface area contributed by atoms with Crippen molar-refractivity contribution in [3.63, 3.8) is 0 Å². The quantitative estimate of drug-likeness (QED) is 0.0928. The van der Waals surface area contributed by atoms with Crippen LogP contribution in [-0.2, 0) is 20.8 Å². The fraction of sp³-hybridized carbons (Fsp3) is 0.724. The van der Waals surface area contributed by atoms with Crippen LogP contribution in [0.4, 0.5) is 10.2 Å². The third kappa shape index (κ3) is 10.7. The molecule has 10 heteroatoms. The van der Waals surface area contributed by atoms with E-state index in [1.165, 1.54) is 88.6 Å². The Balaban J connectivity index is 1.64. The molecule has 2 aromatic heterocycles. The van der Waals surface area contributed by atoms with Crippen molar-refractivity contribution in [1.82, 2.24) is 19.5 Å². The molecule has 0 saturated heterocycles. The lowest BCUT2D eigenvalue weighted by molar-refractivity contribution is -0.157. The molecule has 0 aliphatic rings. The number of anilines is 1. The maximum atomic E-state index is 13.6. The summed E-state index contributed by atoms with van der Waals surface area (Å²) >= 11 is 0. The summed E-state index contributed by atoms with van der Waals surface area (Å²) in [6.07, 6.45) is 22.3. The summed E-state index contributed by atoms with van der Waals surface area (Å²) in [6, 6.07) is 0. The van der Waals surface area contributed by atoms with Crippen LogP contribution in [0.25, 0.3) is 11.2 Å². The number of nitrogens with two attached hydrogens (primary N) is 1. The number of nitrogens with zero attached hydrogens (tertiary/aromatic N) is 4. The lowest BCUT2D eigenvalue weighted by Gasteiger charge is -2.31. The van der Waals surface area contributed by atoms with Crippen LogP contribution in [0.15, 0.2) is 6.33 Å². The third-order valence-corrected chi connectivity index (χ3v) is 7.16. The molecule has 2 rings (SSSR count). The maximum absolute atomic E-state index is 13.6. The van der Waals surface area contributed by atoms with Crippen LogP contribution < -0.4 is 5.73 Å². The van der Waals surface area contributed by atoms with Gasteiger partial charge in [-0.15, -0.1) is 6.42 Å². The van der Waals surface area contributed by atoms with Gasteiger partial charge in [-0.2, -0.15) is 14.4 Å². The van der Waals surface area contributed by atoms with Crippen molar-refractivity contribution in [2.75, 3.05) is 19.5 Å². The van der Waals surface area contributed by atoms with E-state index in [1.807, 2.05) is 0 Å². The van der Waals surface area contributed by atoms with Crippen LogP contribution in [-0.4, -0.2) is 56.0 Å². The molecule has 39 heavy (non-hydrogen) atoms. The first-order valence-corrected chi connectivity index (χ1v) is 14.4. The van der Waals surface area contributed by atoms with Crippen molar-refractivity contribution in [3.8, 4) is 12.3 Å². The average molecular weight is 548 g/mol. The number of carbonyl (C=O) groups excluding carboxylic acids is 1. The van der Waals surface area contributed by atoms with Crippen molar-refractivity contribution in [3.05, 3.63) is 12.4 Å². The molecule has 0 amide bonds. The number of fused-ring (bicyclic) bond motifs is 1. The number of carbonyl (C=O) groups is 1. The Hall–Kier alpha value is -2.77. The van der Waals surface area contributed by atoms with Crippen LogP contribution in [0.1, 0.15) is 103 Å². The lowest BCUT2D eigenvalue weighted by Crippen LogP contribution is -2.49. The summed E-state index contributed by atoms with van der Waals surface area (Å²) in [4.78, 5) is 23.5. The molecule has 0 spiro atoms. The molecule has 0 fully saturated rings. The molecule has 0 bridgehead atoms. The Kier molecular flexibility index (Phi) is 14.8. The number of imidazole rings is 1. The van der Waals surface area contributed by atoms with Crippen LogP contribution in [0.3, 0.4) is 0 Å². The Labute approximate surface area is 232 Å². The van der Waals surface area contributed by atoms with Crippen molar-refractivity contribution >= 4 is 23.0 Å². The summed E-state index contributed by atoms with van der Waals surface area (Å²) in [7, 11) is 1.33. The topological polar surface area (TPSA) is 125 Å². The molecule has 0 radical (unpaired) electrons. The second kappa shape index (κ2) is 17.7. The van der Waals surface area contributed by atoms with Gasteiger partial charge in [0.2, 0.25) is 0 Å². The van der Waals surface area contributed by atoms with Gasteiger partial charge in [0.1, 0.15) is 18.2 Å². The first-order chi connectivity index (χ1) is 18.9. The fourth-order valence-corrected chi connectivity index (χ4v) is 4.62. The number of halogens is 1. The van der Waals surface area contributed by atoms with Gasteiger partial charge in [-0.3, -0.25) is 4.79 Å². The van der Waals surface area contributed by atoms with Gasteiger partial charge in [0, 0.05) is 13.5 Å². The zero-order valence-electron chi connectivity index (χ0n) is 23.7. The summed E-state index contributed by atoms with van der Waals surface area (Å²) in [6.45, 7) is 1.79. The SMILES string of the molecule is C#CC(COC(=O)CCCCCCCCCCCCCCCC)(OC)[C@@H](O)Cn1cnc2c(N)nc(F)nc21. The number of terminal acetylenes is 1. The Morgan fingerprint density at radius 3 is 2.18 bits per heavy atom. The summed E-state index contributed by atoms with van der Waals surface area (Å²) in [5.74, 6) is 1.90. The summed E-state index contributed by atoms with van der Waals surface area (Å²) < 4.78 is 25.8. The number of aliphatic hydroxyl groups is 1. The smallest absolute Gasteiger partial charge is 0.312 e. The monoisotopic (exact) mass is 547 g/mol. The first kappa shape index (κ1) is 32.4. The molecule has 2 aromatic rings. The van der Waals surface area contributed by atoms with Gasteiger partial charge >= 0.3 is 12.0 Å². The molecule has 0 saturated carbocycles. The van der Waals surface area contributed by atoms with Crippen LogP contribution >= 0.6 is 0 Å². The minimum atomic E-state index is -1.60. The largest absolute Gasteiger partial charge is 0.461 e. The highest BCUT2D eigenvalue weighted by atomic mass is 19.1. The molecule has 218 valence electrons. The number of methoxy groups -OCH3 is 1. The fourth-order valence-electron chi connectivity index (χ4n) is 4.62. The van der Waals surface area contributed by atoms with Gasteiger partial charge in [0.15, 0.2) is 17.1 Å². The Morgan fingerprint density at radius 1 is 1.08 bits per heavy atom. The van der Waals surface area contributed by atoms with Crippen LogP contribution in [0.5, 0.6) is 0 Å². The third-order valence-electron chi connectivity index (χ3n) is 7.16. The predicted octanol–water partition coefficient (Wildman–Crippen LogP) is 5.34. The van der Waals surface area contributed by atoms with E-state index >= 15 is 0 Å². The van der Waals surface area contributed by atoms with Crippen LogP contribution in [0.2, 0.25) is 0 Å². The number of hydrogen-bond acceptors (Lipinski definition) is 8. The maximum Gasteiger partial charge on any atom is 0.312 e. The molecule has 2 heterocycles. The van der Waals surface area contributed by atoms with E-state index < -0.39 is 23.8 Å². The number of ether oxygens (including phenoxy) is 2. The minimum absolute atomic E-state index is 0.107. The number of nitrogen functional groups attached to an aromatic ring is 1. The zero-order valence-corrected chi connectivity index (χ0v) is 23.7. The van der Waals surface area contributed by atoms with E-state index in [4.69, 9.17) is 21.6 Å². The first-order valence-electron chi connectivity index (χ1n) is 14.4. The summed E-state index contributed by atoms with van der Waals surface area (Å²) in [5.41, 5.74) is 4.40. The minimum Gasteiger partial charge on any atom is -0.461 e. The molecule has 3 N–H and O–H groups in total. The number of rotatable bonds is 21. The van der Waals surface area contributed by atoms with Gasteiger partial charge in [-0.25, -0.2) is 4.98 Å². The normalized spacial score (nSPS) is 13.7. The van der Waals surface area contributed by atoms with E-state index in [-0.39, 0.29) is 36.6 Å². The highest BCUT2D eigenvalue weighted by Gasteiger charge is 2.38. The molecule has 0 aliphatic heterocycles. The van der Waals surface area contributed by atoms with Gasteiger partial charge in [-0.1, -0.05) is 96.3 Å². The van der Waals surface area contributed by atoms with Crippen molar-refractivity contribution < 1.29 is 23.8 Å². The van der Waals surface area contributed by atoms with E-state index in [1.54, 1.807) is 0 Å². The highest BCUT2D eigenvalue weighted by molar-refractivity contribution is 5.81. The lowest BCUT2D eigenvalue weighted by atomic mass is 9.98. The molecule has 9 nitrogen and oxygen atoms in total. The summed E-state index contributed by atoms with van der Waals surface area (Å²) in [5, 5.41) is 10.9. The average Bonchev–Trinajstić information content (AvgIpc) is 3.32. The molecule has 1 unspecified atom stereocenters. The zero-order chi connectivity index (χ0) is 28.5. The second-order valence-corrected chi connectivity index (χ2v) is 10.2. The van der Waals surface area contributed by atoms with E-state index in [0.717, 1.165) is 19.3 Å². The van der Waals surface area contributed by atoms with Crippen molar-refractivity contribution in [2.24, 2.45) is 0 Å². The van der Waals surface area contributed by atoms with E-state index in [0.29, 0.717) is 0 Å². The van der Waals surface area contributed by atoms with Gasteiger partial charge in [0.05, 0.1) is 12.9 Å². The molecule has 2 atom stereocenters. The van der Waals surface area contributed by atoms with Crippen molar-refractivity contribution in [1.29, 1.82) is 0 Å². The van der Waals surface area contributed by atoms with Gasteiger partial charge in [0.25, 0.3) is 0 Å². The number of esters is 1. The van der Waals surface area contributed by atoms with Crippen molar-refractivity contribution in [2.45, 2.75) is 121 Å². The predicted molar refractivity (Wildman–Crippen MR) is 150 cm³/mol. The molecule has 0 aliphatic carbocycles. The van der Waals surface area contributed by atoms with E-state index in [9.17, 15) is 14.3 Å². The highest BCUT2D eigenvalue weighted by Crippen LogP contribution is 2.22. The standard InChI is InChI=1S/C29H46FN5O4/c1-4-6-7-8-9-10-11-12-13-14-15-16-17-18-19-24(37)39-21-29(5-2,38-3)23(36)20-35-22-32-25-26(31)33-28(30)34-27(25)35/h2,22-23,36H,4,6-21H2,1,3H3,(H2,31,33,34)/t23-,29?/m0/s1. The van der Waals surface area contributed by atoms with Gasteiger partial charge in [-0.05, 0) is 6.42 Å². The second-order valence-electron chi connectivity index (χ2n) is 10.2. The molecule has 0 aromatic carbocycles. The van der Waals surface area contributed by atoms with E-state index in [2.05, 4.69) is 27.8 Å². The molecular formula is C29H46FN5O4. The Morgan fingerprint density at radius 2 is 1.64 bits per heavy atom. The molecular weight excluding hydrogens is 501 g/mol.